The lowest BCUT2D eigenvalue weighted by atomic mass is 10.2. The number of aliphatic carboxylic acids is 1. The van der Waals surface area contributed by atoms with Crippen LogP contribution in [0.4, 0.5) is 5.82 Å². The maximum atomic E-state index is 10.4. The zero-order valence-corrected chi connectivity index (χ0v) is 12.9. The van der Waals surface area contributed by atoms with Gasteiger partial charge in [-0.1, -0.05) is 24.1 Å². The summed E-state index contributed by atoms with van der Waals surface area (Å²) in [5, 5.41) is 11.8. The Kier molecular flexibility index (Phi) is 6.01. The maximum absolute atomic E-state index is 10.4. The molecule has 0 unspecified atom stereocenters. The molecule has 1 aromatic carbocycles. The molecule has 0 saturated carbocycles. The lowest BCUT2D eigenvalue weighted by Gasteiger charge is -2.07. The van der Waals surface area contributed by atoms with Crippen molar-refractivity contribution in [1.82, 2.24) is 4.98 Å². The number of nitrogens with one attached hydrogen (secondary N) is 1. The molecule has 5 heteroatoms. The van der Waals surface area contributed by atoms with E-state index in [1.807, 2.05) is 36.4 Å². The number of anilines is 1. The predicted octanol–water partition coefficient (Wildman–Crippen LogP) is 2.92. The topological polar surface area (TPSA) is 71.5 Å². The fourth-order valence-corrected chi connectivity index (χ4v) is 1.86. The fourth-order valence-electron chi connectivity index (χ4n) is 1.86. The zero-order valence-electron chi connectivity index (χ0n) is 12.9. The molecular formula is C18H18N2O3. The largest absolute Gasteiger partial charge is 0.497 e. The molecule has 1 heterocycles. The van der Waals surface area contributed by atoms with E-state index in [4.69, 9.17) is 9.84 Å². The van der Waals surface area contributed by atoms with Gasteiger partial charge in [-0.15, -0.1) is 0 Å². The van der Waals surface area contributed by atoms with Crippen LogP contribution in [0, 0.1) is 11.8 Å². The van der Waals surface area contributed by atoms with Gasteiger partial charge in [-0.25, -0.2) is 4.98 Å². The summed E-state index contributed by atoms with van der Waals surface area (Å²) >= 11 is 0. The summed E-state index contributed by atoms with van der Waals surface area (Å²) in [6.45, 7) is 0.646. The highest BCUT2D eigenvalue weighted by Gasteiger charge is 1.98. The number of pyridine rings is 1. The third kappa shape index (κ3) is 5.71. The van der Waals surface area contributed by atoms with Crippen LogP contribution < -0.4 is 10.1 Å². The Hall–Kier alpha value is -3.00. The Morgan fingerprint density at radius 1 is 1.26 bits per heavy atom. The van der Waals surface area contributed by atoms with E-state index in [0.717, 1.165) is 17.1 Å². The van der Waals surface area contributed by atoms with Crippen molar-refractivity contribution >= 4 is 11.8 Å². The summed E-state index contributed by atoms with van der Waals surface area (Å²) in [5.41, 5.74) is 1.74. The van der Waals surface area contributed by atoms with Gasteiger partial charge in [-0.2, -0.15) is 0 Å². The smallest absolute Gasteiger partial charge is 0.304 e. The Labute approximate surface area is 135 Å². The van der Waals surface area contributed by atoms with E-state index in [2.05, 4.69) is 22.1 Å². The van der Waals surface area contributed by atoms with Crippen LogP contribution in [0.2, 0.25) is 0 Å². The van der Waals surface area contributed by atoms with Crippen molar-refractivity contribution in [3.8, 4) is 17.6 Å². The van der Waals surface area contributed by atoms with Crippen molar-refractivity contribution in [2.45, 2.75) is 19.4 Å². The second kappa shape index (κ2) is 8.44. The van der Waals surface area contributed by atoms with Crippen molar-refractivity contribution < 1.29 is 14.6 Å². The number of carbonyl (C=O) groups is 1. The fraction of sp³-hybridized carbons (Fsp3) is 0.222. The molecule has 2 rings (SSSR count). The van der Waals surface area contributed by atoms with Crippen LogP contribution in [-0.2, 0) is 11.3 Å². The van der Waals surface area contributed by atoms with E-state index in [1.165, 1.54) is 0 Å². The summed E-state index contributed by atoms with van der Waals surface area (Å²) in [6.07, 6.45) is 0.364. The molecule has 0 fully saturated rings. The van der Waals surface area contributed by atoms with Gasteiger partial charge in [0.25, 0.3) is 0 Å². The van der Waals surface area contributed by atoms with E-state index in [9.17, 15) is 4.79 Å². The van der Waals surface area contributed by atoms with E-state index in [0.29, 0.717) is 18.7 Å². The van der Waals surface area contributed by atoms with Gasteiger partial charge >= 0.3 is 5.97 Å². The van der Waals surface area contributed by atoms with Crippen LogP contribution >= 0.6 is 0 Å². The predicted molar refractivity (Wildman–Crippen MR) is 88.3 cm³/mol. The second-order valence-electron chi connectivity index (χ2n) is 4.81. The summed E-state index contributed by atoms with van der Waals surface area (Å²) in [5.74, 6) is 6.39. The molecule has 0 spiro atoms. The number of hydrogen-bond acceptors (Lipinski definition) is 4. The van der Waals surface area contributed by atoms with E-state index in [-0.39, 0.29) is 6.42 Å². The van der Waals surface area contributed by atoms with Crippen molar-refractivity contribution in [3.63, 3.8) is 0 Å². The quantitative estimate of drug-likeness (QED) is 0.803. The number of carboxylic acids is 1. The minimum atomic E-state index is -0.845. The average molecular weight is 310 g/mol. The number of hydrogen-bond donors (Lipinski definition) is 2. The van der Waals surface area contributed by atoms with Gasteiger partial charge in [0.05, 0.1) is 13.5 Å². The van der Waals surface area contributed by atoms with Gasteiger partial charge in [-0.05, 0) is 35.7 Å². The van der Waals surface area contributed by atoms with Gasteiger partial charge in [0, 0.05) is 13.0 Å². The lowest BCUT2D eigenvalue weighted by Crippen LogP contribution is -2.02. The Balaban J connectivity index is 1.92. The Morgan fingerprint density at radius 3 is 2.74 bits per heavy atom. The Morgan fingerprint density at radius 2 is 2.04 bits per heavy atom. The Bertz CT molecular complexity index is 715. The molecule has 1 aromatic heterocycles. The van der Waals surface area contributed by atoms with Crippen LogP contribution in [0.1, 0.15) is 24.1 Å². The van der Waals surface area contributed by atoms with Gasteiger partial charge in [0.15, 0.2) is 0 Å². The average Bonchev–Trinajstić information content (AvgIpc) is 2.57. The van der Waals surface area contributed by atoms with Gasteiger partial charge in [0.2, 0.25) is 0 Å². The van der Waals surface area contributed by atoms with Crippen LogP contribution in [0.25, 0.3) is 0 Å². The molecule has 118 valence electrons. The highest BCUT2D eigenvalue weighted by Crippen LogP contribution is 2.13. The summed E-state index contributed by atoms with van der Waals surface area (Å²) < 4.78 is 5.12. The van der Waals surface area contributed by atoms with Gasteiger partial charge in [-0.3, -0.25) is 4.79 Å². The molecule has 0 aliphatic rings. The van der Waals surface area contributed by atoms with Crippen molar-refractivity contribution in [2.24, 2.45) is 0 Å². The first kappa shape index (κ1) is 16.4. The van der Waals surface area contributed by atoms with E-state index < -0.39 is 5.97 Å². The molecule has 0 aliphatic heterocycles. The molecule has 0 radical (unpaired) electrons. The van der Waals surface area contributed by atoms with Crippen LogP contribution in [0.3, 0.4) is 0 Å². The van der Waals surface area contributed by atoms with Gasteiger partial charge in [0.1, 0.15) is 17.3 Å². The number of nitrogens with zero attached hydrogens (tertiary/aromatic N) is 1. The number of ether oxygens (including phenoxy) is 1. The summed E-state index contributed by atoms with van der Waals surface area (Å²) in [4.78, 5) is 14.8. The molecule has 0 atom stereocenters. The minimum absolute atomic E-state index is 0.0441. The highest BCUT2D eigenvalue weighted by atomic mass is 16.5. The molecule has 2 aromatic rings. The molecule has 5 nitrogen and oxygen atoms in total. The third-order valence-corrected chi connectivity index (χ3v) is 3.06. The first-order chi connectivity index (χ1) is 11.2. The van der Waals surface area contributed by atoms with E-state index in [1.54, 1.807) is 13.2 Å². The molecule has 0 saturated heterocycles. The molecule has 0 aliphatic carbocycles. The van der Waals surface area contributed by atoms with E-state index >= 15 is 0 Å². The normalized spacial score (nSPS) is 9.61. The standard InChI is InChI=1S/C18H18N2O3/c1-23-16-11-9-14(10-12-16)13-19-17-7-4-6-15(20-17)5-2-3-8-18(21)22/h4,6-7,9-12H,3,8,13H2,1H3,(H,19,20)(H,21,22). The van der Waals surface area contributed by atoms with Crippen molar-refractivity contribution in [1.29, 1.82) is 0 Å². The maximum Gasteiger partial charge on any atom is 0.304 e. The van der Waals surface area contributed by atoms with Crippen molar-refractivity contribution in [2.75, 3.05) is 12.4 Å². The number of carboxylic acid groups (broad SMARTS) is 1. The first-order valence-electron chi connectivity index (χ1n) is 7.22. The second-order valence-corrected chi connectivity index (χ2v) is 4.81. The van der Waals surface area contributed by atoms with Crippen molar-refractivity contribution in [3.05, 3.63) is 53.7 Å². The zero-order chi connectivity index (χ0) is 16.5. The lowest BCUT2D eigenvalue weighted by molar-refractivity contribution is -0.136. The monoisotopic (exact) mass is 310 g/mol. The molecular weight excluding hydrogens is 292 g/mol. The molecule has 0 amide bonds. The molecule has 23 heavy (non-hydrogen) atoms. The van der Waals surface area contributed by atoms with Crippen LogP contribution in [0.15, 0.2) is 42.5 Å². The molecule has 2 N–H and O–H groups in total. The van der Waals surface area contributed by atoms with Gasteiger partial charge < -0.3 is 15.2 Å². The number of benzene rings is 1. The summed E-state index contributed by atoms with van der Waals surface area (Å²) in [6, 6.07) is 13.3. The number of rotatable bonds is 6. The highest BCUT2D eigenvalue weighted by molar-refractivity contribution is 5.67. The third-order valence-electron chi connectivity index (χ3n) is 3.06. The number of aromatic nitrogens is 1. The number of methoxy groups -OCH3 is 1. The van der Waals surface area contributed by atoms with Crippen LogP contribution in [-0.4, -0.2) is 23.2 Å². The SMILES string of the molecule is COc1ccc(CNc2cccc(C#CCCC(=O)O)n2)cc1. The van der Waals surface area contributed by atoms with Crippen LogP contribution in [0.5, 0.6) is 5.75 Å². The summed E-state index contributed by atoms with van der Waals surface area (Å²) in [7, 11) is 1.64. The minimum Gasteiger partial charge on any atom is -0.497 e. The molecule has 0 bridgehead atoms. The first-order valence-corrected chi connectivity index (χ1v) is 7.22.